The fourth-order valence-corrected chi connectivity index (χ4v) is 2.18. The standard InChI is InChI=1S/C16H13.2ClH.Hf/c1-2-6-13(7-3-1)12-15-11-10-14-8-4-5-9-16(14)15;;;/h1-11H,12H2;2*1H;/q-1;;;/p-2. The second-order valence-corrected chi connectivity index (χ2v) is 4.11. The van der Waals surface area contributed by atoms with E-state index in [0.717, 1.165) is 6.42 Å². The van der Waals surface area contributed by atoms with E-state index in [1.807, 2.05) is 0 Å². The summed E-state index contributed by atoms with van der Waals surface area (Å²) in [5.41, 5.74) is 2.79. The first-order valence-electron chi connectivity index (χ1n) is 5.61. The molecule has 0 nitrogen and oxygen atoms in total. The molecule has 19 heavy (non-hydrogen) atoms. The number of benzene rings is 2. The number of halogens is 2. The first kappa shape index (κ1) is 18.5. The Hall–Kier alpha value is -0.500. The quantitative estimate of drug-likeness (QED) is 0.315. The van der Waals surface area contributed by atoms with E-state index in [1.54, 1.807) is 0 Å². The van der Waals surface area contributed by atoms with Crippen LogP contribution in [-0.2, 0) is 32.3 Å². The molecule has 0 spiro atoms. The van der Waals surface area contributed by atoms with E-state index in [4.69, 9.17) is 0 Å². The first-order valence-corrected chi connectivity index (χ1v) is 5.61. The van der Waals surface area contributed by atoms with Crippen LogP contribution in [0.25, 0.3) is 10.8 Å². The predicted molar refractivity (Wildman–Crippen MR) is 68.8 cm³/mol. The zero-order valence-electron chi connectivity index (χ0n) is 10.3. The van der Waals surface area contributed by atoms with Crippen molar-refractivity contribution in [2.75, 3.05) is 0 Å². The predicted octanol–water partition coefficient (Wildman–Crippen LogP) is -1.84. The van der Waals surface area contributed by atoms with Gasteiger partial charge in [0.15, 0.2) is 0 Å². The van der Waals surface area contributed by atoms with Crippen molar-refractivity contribution in [3.05, 3.63) is 77.9 Å². The molecule has 0 N–H and O–H groups in total. The largest absolute Gasteiger partial charge is 1.00 e. The van der Waals surface area contributed by atoms with Crippen LogP contribution in [0.15, 0.2) is 66.7 Å². The Labute approximate surface area is 145 Å². The summed E-state index contributed by atoms with van der Waals surface area (Å²) in [6.07, 6.45) is 1.02. The van der Waals surface area contributed by atoms with Gasteiger partial charge in [-0.25, -0.2) is 0 Å². The van der Waals surface area contributed by atoms with Crippen molar-refractivity contribution in [1.29, 1.82) is 0 Å². The normalized spacial score (nSPS) is 9.05. The molecule has 0 aromatic heterocycles. The van der Waals surface area contributed by atoms with E-state index in [-0.39, 0.29) is 50.7 Å². The Balaban J connectivity index is 0.00000108. The molecule has 0 saturated heterocycles. The van der Waals surface area contributed by atoms with E-state index >= 15 is 0 Å². The monoisotopic (exact) mass is 455 g/mol. The van der Waals surface area contributed by atoms with Crippen LogP contribution in [0, 0.1) is 0 Å². The Bertz CT molecular complexity index is 602. The molecular weight excluding hydrogens is 442 g/mol. The Morgan fingerprint density at radius 2 is 1.42 bits per heavy atom. The van der Waals surface area contributed by atoms with Crippen molar-refractivity contribution in [2.24, 2.45) is 0 Å². The average molecular weight is 455 g/mol. The number of hydrogen-bond donors (Lipinski definition) is 0. The van der Waals surface area contributed by atoms with Crippen LogP contribution in [-0.4, -0.2) is 0 Å². The zero-order chi connectivity index (χ0) is 10.8. The summed E-state index contributed by atoms with van der Waals surface area (Å²) < 4.78 is 0. The van der Waals surface area contributed by atoms with E-state index in [2.05, 4.69) is 66.7 Å². The number of fused-ring (bicyclic) bond motifs is 1. The molecule has 0 radical (unpaired) electrons. The summed E-state index contributed by atoms with van der Waals surface area (Å²) in [6, 6.07) is 23.6. The smallest absolute Gasteiger partial charge is 0 e. The molecule has 0 heterocycles. The summed E-state index contributed by atoms with van der Waals surface area (Å²) >= 11 is 0. The second-order valence-electron chi connectivity index (χ2n) is 4.11. The second kappa shape index (κ2) is 8.63. The summed E-state index contributed by atoms with van der Waals surface area (Å²) in [7, 11) is 0. The fraction of sp³-hybridized carbons (Fsp3) is 0.0625. The minimum atomic E-state index is 0. The van der Waals surface area contributed by atoms with Crippen molar-refractivity contribution in [3.63, 3.8) is 0 Å². The average Bonchev–Trinajstić information content (AvgIpc) is 2.74. The summed E-state index contributed by atoms with van der Waals surface area (Å²) in [4.78, 5) is 0. The maximum atomic E-state index is 2.23. The van der Waals surface area contributed by atoms with Crippen molar-refractivity contribution in [3.8, 4) is 0 Å². The van der Waals surface area contributed by atoms with Gasteiger partial charge in [-0.15, -0.1) is 46.7 Å². The minimum absolute atomic E-state index is 0. The fourth-order valence-electron chi connectivity index (χ4n) is 2.18. The van der Waals surface area contributed by atoms with E-state index in [0.29, 0.717) is 0 Å². The molecule has 0 bridgehead atoms. The van der Waals surface area contributed by atoms with Gasteiger partial charge in [-0.3, -0.25) is 0 Å². The molecule has 98 valence electrons. The number of hydrogen-bond acceptors (Lipinski definition) is 0. The van der Waals surface area contributed by atoms with Crippen molar-refractivity contribution in [2.45, 2.75) is 6.42 Å². The van der Waals surface area contributed by atoms with Crippen LogP contribution < -0.4 is 24.8 Å². The molecule has 3 aromatic carbocycles. The van der Waals surface area contributed by atoms with Crippen LogP contribution >= 0.6 is 0 Å². The van der Waals surface area contributed by atoms with Gasteiger partial charge in [0.1, 0.15) is 0 Å². The molecule has 0 saturated carbocycles. The third kappa shape index (κ3) is 4.24. The van der Waals surface area contributed by atoms with Crippen LogP contribution in [0.2, 0.25) is 0 Å². The maximum absolute atomic E-state index is 2.23. The van der Waals surface area contributed by atoms with E-state index in [9.17, 15) is 0 Å². The Kier molecular flexibility index (Phi) is 8.40. The van der Waals surface area contributed by atoms with Gasteiger partial charge in [-0.2, -0.15) is 0 Å². The van der Waals surface area contributed by atoms with Crippen molar-refractivity contribution >= 4 is 10.8 Å². The van der Waals surface area contributed by atoms with Crippen LogP contribution in [0.1, 0.15) is 11.1 Å². The van der Waals surface area contributed by atoms with Crippen LogP contribution in [0.5, 0.6) is 0 Å². The number of rotatable bonds is 2. The third-order valence-corrected chi connectivity index (χ3v) is 3.01. The van der Waals surface area contributed by atoms with E-state index in [1.165, 1.54) is 21.9 Å². The van der Waals surface area contributed by atoms with Gasteiger partial charge in [0.05, 0.1) is 0 Å². The third-order valence-electron chi connectivity index (χ3n) is 3.01. The topological polar surface area (TPSA) is 0 Å². The maximum Gasteiger partial charge on any atom is 0 e. The molecule has 0 aliphatic heterocycles. The molecule has 0 unspecified atom stereocenters. The molecule has 0 aliphatic carbocycles. The summed E-state index contributed by atoms with van der Waals surface area (Å²) in [5, 5.41) is 2.72. The zero-order valence-corrected chi connectivity index (χ0v) is 15.4. The van der Waals surface area contributed by atoms with E-state index < -0.39 is 0 Å². The molecule has 0 aliphatic rings. The van der Waals surface area contributed by atoms with Crippen molar-refractivity contribution in [1.82, 2.24) is 0 Å². The Morgan fingerprint density at radius 1 is 0.789 bits per heavy atom. The van der Waals surface area contributed by atoms with Gasteiger partial charge in [0.25, 0.3) is 0 Å². The molecule has 3 rings (SSSR count). The van der Waals surface area contributed by atoms with Crippen molar-refractivity contribution < 1.29 is 50.7 Å². The van der Waals surface area contributed by atoms with Gasteiger partial charge in [0, 0.05) is 25.8 Å². The van der Waals surface area contributed by atoms with Gasteiger partial charge in [0.2, 0.25) is 0 Å². The summed E-state index contributed by atoms with van der Waals surface area (Å²) in [5.74, 6) is 0. The van der Waals surface area contributed by atoms with Gasteiger partial charge in [-0.05, 0) is 6.42 Å². The van der Waals surface area contributed by atoms with Gasteiger partial charge in [-0.1, -0.05) is 42.0 Å². The molecule has 0 atom stereocenters. The molecular formula is C16H13Cl2Hf-3. The SMILES string of the molecule is [Cl-].[Cl-].[Hf].c1ccc(Cc2c[cH-]c3ccccc23)cc1. The van der Waals surface area contributed by atoms with Gasteiger partial charge >= 0.3 is 0 Å². The first-order chi connectivity index (χ1) is 7.93. The Morgan fingerprint density at radius 3 is 2.16 bits per heavy atom. The van der Waals surface area contributed by atoms with Crippen LogP contribution in [0.4, 0.5) is 0 Å². The molecule has 3 heteroatoms. The van der Waals surface area contributed by atoms with Crippen LogP contribution in [0.3, 0.4) is 0 Å². The summed E-state index contributed by atoms with van der Waals surface area (Å²) in [6.45, 7) is 0. The molecule has 0 fully saturated rings. The van der Waals surface area contributed by atoms with Gasteiger partial charge < -0.3 is 24.8 Å². The molecule has 3 aromatic rings. The molecule has 0 amide bonds. The minimum Gasteiger partial charge on any atom is -1.00 e.